The van der Waals surface area contributed by atoms with Crippen molar-refractivity contribution in [1.29, 1.82) is 0 Å². The van der Waals surface area contributed by atoms with Crippen molar-refractivity contribution in [1.82, 2.24) is 4.57 Å². The van der Waals surface area contributed by atoms with E-state index in [1.165, 1.54) is 0 Å². The highest BCUT2D eigenvalue weighted by Gasteiger charge is 2.07. The molecular weight excluding hydrogens is 293 g/mol. The van der Waals surface area contributed by atoms with E-state index in [9.17, 15) is 0 Å². The summed E-state index contributed by atoms with van der Waals surface area (Å²) in [4.78, 5) is 0. The Morgan fingerprint density at radius 2 is 1.95 bits per heavy atom. The van der Waals surface area contributed by atoms with Crippen molar-refractivity contribution in [3.05, 3.63) is 64.3 Å². The number of aromatic nitrogens is 1. The van der Waals surface area contributed by atoms with Gasteiger partial charge in [-0.3, -0.25) is 0 Å². The predicted octanol–water partition coefficient (Wildman–Crippen LogP) is 5.01. The summed E-state index contributed by atoms with van der Waals surface area (Å²) in [5.41, 5.74) is 2.20. The van der Waals surface area contributed by atoms with Gasteiger partial charge in [0, 0.05) is 23.2 Å². The molecule has 0 amide bonds. The number of benzene rings is 2. The van der Waals surface area contributed by atoms with E-state index in [4.69, 9.17) is 27.9 Å². The summed E-state index contributed by atoms with van der Waals surface area (Å²) >= 11 is 12.3. The minimum absolute atomic E-state index is 0.646. The summed E-state index contributed by atoms with van der Waals surface area (Å²) in [6.07, 6.45) is 2.02. The van der Waals surface area contributed by atoms with Gasteiger partial charge in [0.1, 0.15) is 5.75 Å². The Kier molecular flexibility index (Phi) is 3.60. The Balaban J connectivity index is 2.02. The Bertz CT molecular complexity index is 764. The van der Waals surface area contributed by atoms with Crippen LogP contribution in [0, 0.1) is 0 Å². The number of hydrogen-bond acceptors (Lipinski definition) is 1. The highest BCUT2D eigenvalue weighted by molar-refractivity contribution is 6.38. The fourth-order valence-corrected chi connectivity index (χ4v) is 2.87. The second-order valence-corrected chi connectivity index (χ2v) is 5.46. The van der Waals surface area contributed by atoms with Crippen LogP contribution in [0.3, 0.4) is 0 Å². The molecule has 0 aliphatic rings. The number of fused-ring (bicyclic) bond motifs is 1. The fourth-order valence-electron chi connectivity index (χ4n) is 2.32. The predicted molar refractivity (Wildman–Crippen MR) is 84.1 cm³/mol. The lowest BCUT2D eigenvalue weighted by Gasteiger charge is -2.08. The van der Waals surface area contributed by atoms with E-state index in [1.54, 1.807) is 13.2 Å². The minimum Gasteiger partial charge on any atom is -0.497 e. The van der Waals surface area contributed by atoms with Crippen LogP contribution in [0.15, 0.2) is 48.7 Å². The average Bonchev–Trinajstić information content (AvgIpc) is 2.82. The Labute approximate surface area is 127 Å². The molecule has 0 atom stereocenters. The van der Waals surface area contributed by atoms with E-state index in [0.29, 0.717) is 10.0 Å². The standard InChI is InChI=1S/C16H13Cl2NO/c1-20-13-4-2-3-11(7-13)10-19-6-5-14-15(18)8-12(17)9-16(14)19/h2-9H,10H2,1H3. The number of nitrogens with zero attached hydrogens (tertiary/aromatic N) is 1. The number of hydrogen-bond donors (Lipinski definition) is 0. The van der Waals surface area contributed by atoms with Crippen molar-refractivity contribution >= 4 is 34.1 Å². The lowest BCUT2D eigenvalue weighted by Crippen LogP contribution is -1.98. The van der Waals surface area contributed by atoms with Crippen molar-refractivity contribution in [2.45, 2.75) is 6.54 Å². The van der Waals surface area contributed by atoms with Gasteiger partial charge in [-0.25, -0.2) is 0 Å². The van der Waals surface area contributed by atoms with Gasteiger partial charge in [-0.15, -0.1) is 0 Å². The van der Waals surface area contributed by atoms with Gasteiger partial charge in [0.2, 0.25) is 0 Å². The fraction of sp³-hybridized carbons (Fsp3) is 0.125. The molecule has 102 valence electrons. The summed E-state index contributed by atoms with van der Waals surface area (Å²) in [5, 5.41) is 2.34. The molecule has 0 aliphatic carbocycles. The van der Waals surface area contributed by atoms with Crippen LogP contribution in [0.5, 0.6) is 5.75 Å². The molecule has 0 bridgehead atoms. The van der Waals surface area contributed by atoms with Crippen molar-refractivity contribution in [3.8, 4) is 5.75 Å². The van der Waals surface area contributed by atoms with Gasteiger partial charge in [0.25, 0.3) is 0 Å². The zero-order valence-electron chi connectivity index (χ0n) is 10.9. The van der Waals surface area contributed by atoms with Crippen LogP contribution in [0.4, 0.5) is 0 Å². The van der Waals surface area contributed by atoms with Gasteiger partial charge in [-0.1, -0.05) is 35.3 Å². The smallest absolute Gasteiger partial charge is 0.119 e. The molecule has 4 heteroatoms. The summed E-state index contributed by atoms with van der Waals surface area (Å²) in [7, 11) is 1.67. The minimum atomic E-state index is 0.646. The van der Waals surface area contributed by atoms with Gasteiger partial charge in [0.05, 0.1) is 17.6 Å². The number of ether oxygens (including phenoxy) is 1. The lowest BCUT2D eigenvalue weighted by molar-refractivity contribution is 0.414. The molecule has 3 aromatic rings. The van der Waals surface area contributed by atoms with E-state index in [2.05, 4.69) is 10.6 Å². The van der Waals surface area contributed by atoms with Crippen LogP contribution in [-0.4, -0.2) is 11.7 Å². The molecule has 2 nitrogen and oxygen atoms in total. The summed E-state index contributed by atoms with van der Waals surface area (Å²) in [5.74, 6) is 0.857. The van der Waals surface area contributed by atoms with Gasteiger partial charge in [-0.05, 0) is 35.9 Å². The van der Waals surface area contributed by atoms with Gasteiger partial charge in [0.15, 0.2) is 0 Å². The maximum atomic E-state index is 6.21. The van der Waals surface area contributed by atoms with Crippen LogP contribution in [-0.2, 0) is 6.54 Å². The van der Waals surface area contributed by atoms with Crippen LogP contribution in [0.25, 0.3) is 10.9 Å². The monoisotopic (exact) mass is 305 g/mol. The molecule has 0 aliphatic heterocycles. The topological polar surface area (TPSA) is 14.2 Å². The number of rotatable bonds is 3. The van der Waals surface area contributed by atoms with Crippen molar-refractivity contribution in [2.24, 2.45) is 0 Å². The van der Waals surface area contributed by atoms with E-state index in [-0.39, 0.29) is 0 Å². The largest absolute Gasteiger partial charge is 0.497 e. The highest BCUT2D eigenvalue weighted by atomic mass is 35.5. The lowest BCUT2D eigenvalue weighted by atomic mass is 10.2. The molecule has 0 saturated carbocycles. The van der Waals surface area contributed by atoms with Gasteiger partial charge < -0.3 is 9.30 Å². The molecular formula is C16H13Cl2NO. The molecule has 1 heterocycles. The number of methoxy groups -OCH3 is 1. The molecule has 1 aromatic heterocycles. The molecule has 3 rings (SSSR count). The first-order chi connectivity index (χ1) is 9.67. The van der Waals surface area contributed by atoms with Gasteiger partial charge >= 0.3 is 0 Å². The molecule has 0 unspecified atom stereocenters. The van der Waals surface area contributed by atoms with E-state index >= 15 is 0 Å². The molecule has 0 fully saturated rings. The quantitative estimate of drug-likeness (QED) is 0.664. The van der Waals surface area contributed by atoms with Crippen molar-refractivity contribution in [2.75, 3.05) is 7.11 Å². The Morgan fingerprint density at radius 1 is 1.10 bits per heavy atom. The van der Waals surface area contributed by atoms with Gasteiger partial charge in [-0.2, -0.15) is 0 Å². The van der Waals surface area contributed by atoms with E-state index < -0.39 is 0 Å². The summed E-state index contributed by atoms with van der Waals surface area (Å²) in [6.45, 7) is 0.747. The first-order valence-electron chi connectivity index (χ1n) is 6.24. The normalized spacial score (nSPS) is 10.9. The van der Waals surface area contributed by atoms with Crippen molar-refractivity contribution < 1.29 is 4.74 Å². The van der Waals surface area contributed by atoms with E-state index in [1.807, 2.05) is 36.5 Å². The molecule has 20 heavy (non-hydrogen) atoms. The second kappa shape index (κ2) is 5.39. The molecule has 0 spiro atoms. The van der Waals surface area contributed by atoms with E-state index in [0.717, 1.165) is 28.8 Å². The number of halogens is 2. The third-order valence-electron chi connectivity index (χ3n) is 3.29. The zero-order valence-corrected chi connectivity index (χ0v) is 12.4. The first kappa shape index (κ1) is 13.3. The summed E-state index contributed by atoms with van der Waals surface area (Å²) in [6, 6.07) is 13.7. The highest BCUT2D eigenvalue weighted by Crippen LogP contribution is 2.29. The molecule has 0 N–H and O–H groups in total. The summed E-state index contributed by atoms with van der Waals surface area (Å²) < 4.78 is 7.38. The average molecular weight is 306 g/mol. The second-order valence-electron chi connectivity index (χ2n) is 4.62. The van der Waals surface area contributed by atoms with Crippen LogP contribution < -0.4 is 4.74 Å². The van der Waals surface area contributed by atoms with Crippen molar-refractivity contribution in [3.63, 3.8) is 0 Å². The Hall–Kier alpha value is -1.64. The third kappa shape index (κ3) is 2.49. The zero-order chi connectivity index (χ0) is 14.1. The first-order valence-corrected chi connectivity index (χ1v) is 7.00. The molecule has 0 radical (unpaired) electrons. The molecule has 0 saturated heterocycles. The SMILES string of the molecule is COc1cccc(Cn2ccc3c(Cl)cc(Cl)cc32)c1. The maximum absolute atomic E-state index is 6.21. The van der Waals surface area contributed by atoms with Crippen LogP contribution in [0.2, 0.25) is 10.0 Å². The maximum Gasteiger partial charge on any atom is 0.119 e. The van der Waals surface area contributed by atoms with Crippen LogP contribution in [0.1, 0.15) is 5.56 Å². The Morgan fingerprint density at radius 3 is 2.75 bits per heavy atom. The third-order valence-corrected chi connectivity index (χ3v) is 3.82. The molecule has 2 aromatic carbocycles. The van der Waals surface area contributed by atoms with Crippen LogP contribution >= 0.6 is 23.2 Å².